The van der Waals surface area contributed by atoms with Crippen molar-refractivity contribution in [3.8, 4) is 11.5 Å². The summed E-state index contributed by atoms with van der Waals surface area (Å²) in [4.78, 5) is 26.9. The van der Waals surface area contributed by atoms with Gasteiger partial charge >= 0.3 is 0 Å². The molecule has 29 heavy (non-hydrogen) atoms. The maximum atomic E-state index is 13.7. The molecule has 1 N–H and O–H groups in total. The lowest BCUT2D eigenvalue weighted by Crippen LogP contribution is -2.41. The molecule has 2 aromatic rings. The Morgan fingerprint density at radius 1 is 1.00 bits per heavy atom. The Labute approximate surface area is 167 Å². The van der Waals surface area contributed by atoms with Gasteiger partial charge in [-0.25, -0.2) is 8.78 Å². The molecule has 0 bridgehead atoms. The minimum Gasteiger partial charge on any atom is -0.497 e. The molecule has 2 amide bonds. The van der Waals surface area contributed by atoms with Crippen molar-refractivity contribution >= 4 is 17.5 Å². The second-order valence-corrected chi connectivity index (χ2v) is 6.78. The molecule has 0 radical (unpaired) electrons. The summed E-state index contributed by atoms with van der Waals surface area (Å²) in [5.41, 5.74) is 0.253. The fourth-order valence-corrected chi connectivity index (χ4v) is 3.29. The Kier molecular flexibility index (Phi) is 6.31. The molecule has 0 saturated carbocycles. The van der Waals surface area contributed by atoms with Gasteiger partial charge in [-0.15, -0.1) is 0 Å². The van der Waals surface area contributed by atoms with Gasteiger partial charge in [-0.05, 0) is 37.1 Å². The van der Waals surface area contributed by atoms with Gasteiger partial charge in [-0.3, -0.25) is 9.59 Å². The molecule has 6 nitrogen and oxygen atoms in total. The SMILES string of the molecule is COc1cc(OC)cc(C(=O)N2CCC(C(=O)Nc3cc(F)ccc3F)CC2)c1. The third-order valence-electron chi connectivity index (χ3n) is 4.94. The van der Waals surface area contributed by atoms with E-state index in [1.165, 1.54) is 14.2 Å². The van der Waals surface area contributed by atoms with Gasteiger partial charge in [0, 0.05) is 36.7 Å². The molecule has 8 heteroatoms. The van der Waals surface area contributed by atoms with E-state index in [0.717, 1.165) is 18.2 Å². The quantitative estimate of drug-likeness (QED) is 0.829. The van der Waals surface area contributed by atoms with Crippen LogP contribution in [0.1, 0.15) is 23.2 Å². The van der Waals surface area contributed by atoms with Gasteiger partial charge in [0.15, 0.2) is 0 Å². The van der Waals surface area contributed by atoms with Gasteiger partial charge in [0.2, 0.25) is 5.91 Å². The van der Waals surface area contributed by atoms with Crippen molar-refractivity contribution in [1.29, 1.82) is 0 Å². The van der Waals surface area contributed by atoms with E-state index in [2.05, 4.69) is 5.32 Å². The fraction of sp³-hybridized carbons (Fsp3) is 0.333. The monoisotopic (exact) mass is 404 g/mol. The smallest absolute Gasteiger partial charge is 0.254 e. The maximum absolute atomic E-state index is 13.7. The van der Waals surface area contributed by atoms with E-state index in [0.29, 0.717) is 43.0 Å². The number of methoxy groups -OCH3 is 2. The number of nitrogens with one attached hydrogen (secondary N) is 1. The van der Waals surface area contributed by atoms with Crippen molar-refractivity contribution < 1.29 is 27.8 Å². The number of carbonyl (C=O) groups excluding carboxylic acids is 2. The first-order valence-corrected chi connectivity index (χ1v) is 9.19. The number of benzene rings is 2. The fourth-order valence-electron chi connectivity index (χ4n) is 3.29. The molecule has 2 aromatic carbocycles. The molecular weight excluding hydrogens is 382 g/mol. The summed E-state index contributed by atoms with van der Waals surface area (Å²) in [5, 5.41) is 2.44. The summed E-state index contributed by atoms with van der Waals surface area (Å²) in [6.07, 6.45) is 0.852. The lowest BCUT2D eigenvalue weighted by Gasteiger charge is -2.31. The molecule has 0 aliphatic carbocycles. The van der Waals surface area contributed by atoms with Crippen LogP contribution in [0.2, 0.25) is 0 Å². The van der Waals surface area contributed by atoms with Crippen LogP contribution >= 0.6 is 0 Å². The van der Waals surface area contributed by atoms with Gasteiger partial charge in [-0.2, -0.15) is 0 Å². The average molecular weight is 404 g/mol. The van der Waals surface area contributed by atoms with Crippen LogP contribution in [0.5, 0.6) is 11.5 Å². The normalized spacial score (nSPS) is 14.4. The van der Waals surface area contributed by atoms with E-state index in [4.69, 9.17) is 9.47 Å². The standard InChI is InChI=1S/C21H22F2N2O4/c1-28-16-9-14(10-17(12-16)29-2)21(27)25-7-5-13(6-8-25)20(26)24-19-11-15(22)3-4-18(19)23/h3-4,9-13H,5-8H2,1-2H3,(H,24,26). The zero-order valence-electron chi connectivity index (χ0n) is 16.2. The molecule has 1 fully saturated rings. The third kappa shape index (κ3) is 4.82. The number of likely N-dealkylation sites (tertiary alicyclic amines) is 1. The van der Waals surface area contributed by atoms with Crippen LogP contribution in [0.4, 0.5) is 14.5 Å². The number of hydrogen-bond acceptors (Lipinski definition) is 4. The second-order valence-electron chi connectivity index (χ2n) is 6.78. The zero-order valence-corrected chi connectivity index (χ0v) is 16.2. The number of piperidine rings is 1. The molecule has 1 aliphatic heterocycles. The average Bonchev–Trinajstić information content (AvgIpc) is 2.75. The molecule has 0 unspecified atom stereocenters. The van der Waals surface area contributed by atoms with Crippen LogP contribution in [-0.4, -0.2) is 44.0 Å². The van der Waals surface area contributed by atoms with Crippen molar-refractivity contribution in [2.24, 2.45) is 5.92 Å². The number of ether oxygens (including phenoxy) is 2. The first-order valence-electron chi connectivity index (χ1n) is 9.19. The highest BCUT2D eigenvalue weighted by Gasteiger charge is 2.28. The molecule has 3 rings (SSSR count). The van der Waals surface area contributed by atoms with E-state index in [1.54, 1.807) is 23.1 Å². The topological polar surface area (TPSA) is 67.9 Å². The van der Waals surface area contributed by atoms with Crippen LogP contribution in [-0.2, 0) is 4.79 Å². The Hall–Kier alpha value is -3.16. The predicted octanol–water partition coefficient (Wildman–Crippen LogP) is 3.47. The van der Waals surface area contributed by atoms with Gasteiger partial charge in [0.05, 0.1) is 19.9 Å². The van der Waals surface area contributed by atoms with Crippen LogP contribution in [0.3, 0.4) is 0 Å². The van der Waals surface area contributed by atoms with E-state index < -0.39 is 11.6 Å². The van der Waals surface area contributed by atoms with Crippen molar-refractivity contribution in [2.45, 2.75) is 12.8 Å². The molecule has 0 spiro atoms. The van der Waals surface area contributed by atoms with E-state index in [9.17, 15) is 18.4 Å². The molecule has 0 aromatic heterocycles. The van der Waals surface area contributed by atoms with Gasteiger partial charge < -0.3 is 19.7 Å². The minimum absolute atomic E-state index is 0.183. The van der Waals surface area contributed by atoms with Crippen molar-refractivity contribution in [3.05, 3.63) is 53.6 Å². The molecule has 1 saturated heterocycles. The number of carbonyl (C=O) groups is 2. The van der Waals surface area contributed by atoms with Crippen molar-refractivity contribution in [1.82, 2.24) is 4.90 Å². The highest BCUT2D eigenvalue weighted by Crippen LogP contribution is 2.26. The van der Waals surface area contributed by atoms with Gasteiger partial charge in [0.25, 0.3) is 5.91 Å². The first kappa shape index (κ1) is 20.6. The lowest BCUT2D eigenvalue weighted by atomic mass is 9.95. The summed E-state index contributed by atoms with van der Waals surface area (Å²) < 4.78 is 37.4. The van der Waals surface area contributed by atoms with Crippen molar-refractivity contribution in [3.63, 3.8) is 0 Å². The van der Waals surface area contributed by atoms with E-state index in [-0.39, 0.29) is 23.4 Å². The van der Waals surface area contributed by atoms with Crippen LogP contribution in [0.25, 0.3) is 0 Å². The first-order chi connectivity index (χ1) is 13.9. The molecule has 0 atom stereocenters. The summed E-state index contributed by atoms with van der Waals surface area (Å²) in [7, 11) is 3.02. The zero-order chi connectivity index (χ0) is 21.0. The molecule has 1 aliphatic rings. The Morgan fingerprint density at radius 2 is 1.62 bits per heavy atom. The second kappa shape index (κ2) is 8.89. The third-order valence-corrected chi connectivity index (χ3v) is 4.94. The lowest BCUT2D eigenvalue weighted by molar-refractivity contribution is -0.121. The predicted molar refractivity (Wildman–Crippen MR) is 103 cm³/mol. The number of amides is 2. The summed E-state index contributed by atoms with van der Waals surface area (Å²) in [6.45, 7) is 0.754. The van der Waals surface area contributed by atoms with E-state index in [1.807, 2.05) is 0 Å². The van der Waals surface area contributed by atoms with E-state index >= 15 is 0 Å². The number of nitrogens with zero attached hydrogens (tertiary/aromatic N) is 1. The minimum atomic E-state index is -0.695. The van der Waals surface area contributed by atoms with Crippen LogP contribution in [0.15, 0.2) is 36.4 Å². The largest absolute Gasteiger partial charge is 0.497 e. The molecule has 154 valence electrons. The highest BCUT2D eigenvalue weighted by atomic mass is 19.1. The van der Waals surface area contributed by atoms with Gasteiger partial charge in [-0.1, -0.05) is 0 Å². The number of halogens is 2. The number of anilines is 1. The maximum Gasteiger partial charge on any atom is 0.254 e. The Balaban J connectivity index is 1.62. The number of hydrogen-bond donors (Lipinski definition) is 1. The molecular formula is C21H22F2N2O4. The summed E-state index contributed by atoms with van der Waals surface area (Å²) in [5.74, 6) is -1.25. The Bertz CT molecular complexity index is 889. The highest BCUT2D eigenvalue weighted by molar-refractivity contribution is 5.96. The van der Waals surface area contributed by atoms with Crippen LogP contribution < -0.4 is 14.8 Å². The van der Waals surface area contributed by atoms with Crippen LogP contribution in [0, 0.1) is 17.6 Å². The summed E-state index contributed by atoms with van der Waals surface area (Å²) in [6, 6.07) is 7.85. The number of rotatable bonds is 5. The van der Waals surface area contributed by atoms with Gasteiger partial charge in [0.1, 0.15) is 23.1 Å². The summed E-state index contributed by atoms with van der Waals surface area (Å²) >= 11 is 0. The van der Waals surface area contributed by atoms with Crippen molar-refractivity contribution in [2.75, 3.05) is 32.6 Å². The Morgan fingerprint density at radius 3 is 2.21 bits per heavy atom. The molecule has 1 heterocycles.